The highest BCUT2D eigenvalue weighted by molar-refractivity contribution is 5.86. The van der Waals surface area contributed by atoms with Crippen LogP contribution in [0.4, 0.5) is 57.1 Å². The maximum atomic E-state index is 13.5. The lowest BCUT2D eigenvalue weighted by Gasteiger charge is -2.40. The Hall–Kier alpha value is -1.78. The molecule has 0 radical (unpaired) electrons. The summed E-state index contributed by atoms with van der Waals surface area (Å²) in [5, 5.41) is 9.18. The van der Waals surface area contributed by atoms with Gasteiger partial charge in [0, 0.05) is 12.0 Å². The molecule has 0 amide bonds. The minimum atomic E-state index is -8.00. The Kier molecular flexibility index (Phi) is 9.07. The van der Waals surface area contributed by atoms with Crippen LogP contribution in [-0.4, -0.2) is 72.8 Å². The van der Waals surface area contributed by atoms with E-state index in [0.29, 0.717) is 0 Å². The van der Waals surface area contributed by atoms with E-state index in [1.54, 1.807) is 0 Å². The highest BCUT2D eigenvalue weighted by Gasteiger charge is 2.90. The maximum absolute atomic E-state index is 13.5. The van der Waals surface area contributed by atoms with Crippen LogP contribution >= 0.6 is 0 Å². The van der Waals surface area contributed by atoms with Crippen LogP contribution < -0.4 is 0 Å². The quantitative estimate of drug-likeness (QED) is 0.182. The third kappa shape index (κ3) is 5.77. The molecule has 0 aliphatic carbocycles. The van der Waals surface area contributed by atoms with E-state index in [2.05, 4.69) is 16.1 Å². The molecule has 0 aliphatic rings. The highest BCUT2D eigenvalue weighted by atomic mass is 19.4. The molecule has 1 unspecified atom stereocenters. The number of esters is 1. The molecule has 0 saturated carbocycles. The fourth-order valence-electron chi connectivity index (χ4n) is 1.82. The van der Waals surface area contributed by atoms with Crippen molar-refractivity contribution in [3.05, 3.63) is 12.2 Å². The molecule has 0 aliphatic heterocycles. The summed E-state index contributed by atoms with van der Waals surface area (Å²) >= 11 is 0. The zero-order chi connectivity index (χ0) is 26.0. The molecule has 0 fully saturated rings. The number of carbonyl (C=O) groups excluding carboxylic acids is 1. The van der Waals surface area contributed by atoms with Gasteiger partial charge in [0.15, 0.2) is 0 Å². The van der Waals surface area contributed by atoms with Crippen LogP contribution in [0.25, 0.3) is 0 Å². The van der Waals surface area contributed by atoms with E-state index in [4.69, 9.17) is 0 Å². The lowest BCUT2D eigenvalue weighted by Crippen LogP contribution is -2.70. The molecule has 0 heterocycles. The van der Waals surface area contributed by atoms with Crippen molar-refractivity contribution in [2.75, 3.05) is 19.8 Å². The number of ether oxygens (including phenoxy) is 2. The van der Waals surface area contributed by atoms with Gasteiger partial charge in [-0.15, -0.1) is 0 Å². The lowest BCUT2D eigenvalue weighted by molar-refractivity contribution is -0.440. The zero-order valence-corrected chi connectivity index (χ0v) is 15.7. The molecule has 0 rings (SSSR count). The highest BCUT2D eigenvalue weighted by Crippen LogP contribution is 2.60. The summed E-state index contributed by atoms with van der Waals surface area (Å²) in [5.74, 6) is -38.5. The van der Waals surface area contributed by atoms with Crippen LogP contribution in [0.15, 0.2) is 12.2 Å². The second kappa shape index (κ2) is 9.61. The van der Waals surface area contributed by atoms with E-state index < -0.39 is 74.1 Å². The van der Waals surface area contributed by atoms with E-state index in [1.807, 2.05) is 0 Å². The van der Waals surface area contributed by atoms with Crippen LogP contribution in [0.2, 0.25) is 0 Å². The average molecular weight is 506 g/mol. The Morgan fingerprint density at radius 1 is 0.812 bits per heavy atom. The fourth-order valence-corrected chi connectivity index (χ4v) is 1.82. The predicted octanol–water partition coefficient (Wildman–Crippen LogP) is 4.61. The number of hydrogen-bond donors (Lipinski definition) is 1. The average Bonchev–Trinajstić information content (AvgIpc) is 2.58. The van der Waals surface area contributed by atoms with Gasteiger partial charge in [-0.05, 0) is 6.92 Å². The Balaban J connectivity index is 5.34. The number of alkyl halides is 13. The van der Waals surface area contributed by atoms with E-state index in [-0.39, 0.29) is 5.57 Å². The Labute approximate surface area is 170 Å². The molecule has 1 atom stereocenters. The number of aliphatic hydroxyl groups is 1. The largest absolute Gasteiger partial charge is 0.460 e. The Morgan fingerprint density at radius 3 is 1.66 bits per heavy atom. The Morgan fingerprint density at radius 2 is 1.25 bits per heavy atom. The topological polar surface area (TPSA) is 55.8 Å². The molecule has 17 heteroatoms. The van der Waals surface area contributed by atoms with Gasteiger partial charge in [0.2, 0.25) is 0 Å². The summed E-state index contributed by atoms with van der Waals surface area (Å²) in [4.78, 5) is 11.0. The van der Waals surface area contributed by atoms with Crippen LogP contribution in [0.1, 0.15) is 13.3 Å². The first-order valence-electron chi connectivity index (χ1n) is 8.01. The molecule has 0 aromatic carbocycles. The number of aliphatic hydroxyl groups excluding tert-OH is 1. The Bertz CT molecular complexity index is 673. The molecule has 32 heavy (non-hydrogen) atoms. The van der Waals surface area contributed by atoms with Crippen molar-refractivity contribution in [1.82, 2.24) is 0 Å². The molecule has 1 N–H and O–H groups in total. The van der Waals surface area contributed by atoms with Gasteiger partial charge in [0.1, 0.15) is 6.61 Å². The van der Waals surface area contributed by atoms with Crippen molar-refractivity contribution >= 4 is 5.97 Å². The van der Waals surface area contributed by atoms with Crippen LogP contribution in [0.5, 0.6) is 0 Å². The number of carbonyl (C=O) groups is 1. The number of rotatable bonds is 12. The normalized spacial score (nSPS) is 15.5. The minimum Gasteiger partial charge on any atom is -0.460 e. The van der Waals surface area contributed by atoms with E-state index in [1.165, 1.54) is 6.92 Å². The molecule has 0 aromatic rings. The van der Waals surface area contributed by atoms with Crippen molar-refractivity contribution in [3.8, 4) is 0 Å². The maximum Gasteiger partial charge on any atom is 0.460 e. The summed E-state index contributed by atoms with van der Waals surface area (Å²) in [6.07, 6.45) is -13.1. The summed E-state index contributed by atoms with van der Waals surface area (Å²) in [7, 11) is 0. The third-order valence-corrected chi connectivity index (χ3v) is 3.61. The van der Waals surface area contributed by atoms with Crippen LogP contribution in [0.3, 0.4) is 0 Å². The van der Waals surface area contributed by atoms with Crippen molar-refractivity contribution in [1.29, 1.82) is 0 Å². The van der Waals surface area contributed by atoms with Gasteiger partial charge in [-0.1, -0.05) is 6.58 Å². The van der Waals surface area contributed by atoms with Crippen molar-refractivity contribution < 1.29 is 76.5 Å². The van der Waals surface area contributed by atoms with Crippen molar-refractivity contribution in [3.63, 3.8) is 0 Å². The zero-order valence-electron chi connectivity index (χ0n) is 15.7. The second-order valence-electron chi connectivity index (χ2n) is 6.35. The molecule has 4 nitrogen and oxygen atoms in total. The van der Waals surface area contributed by atoms with Crippen molar-refractivity contribution in [2.45, 2.75) is 55.2 Å². The molecular weight excluding hydrogens is 491 g/mol. The first-order valence-corrected chi connectivity index (χ1v) is 8.01. The number of hydrogen-bond acceptors (Lipinski definition) is 4. The summed E-state index contributed by atoms with van der Waals surface area (Å²) < 4.78 is 177. The molecule has 0 spiro atoms. The van der Waals surface area contributed by atoms with E-state index in [0.717, 1.165) is 0 Å². The molecule has 0 bridgehead atoms. The monoisotopic (exact) mass is 506 g/mol. The summed E-state index contributed by atoms with van der Waals surface area (Å²) in [6.45, 7) is 1.82. The second-order valence-corrected chi connectivity index (χ2v) is 6.35. The van der Waals surface area contributed by atoms with E-state index in [9.17, 15) is 67.0 Å². The van der Waals surface area contributed by atoms with Gasteiger partial charge < -0.3 is 14.6 Å². The first kappa shape index (κ1) is 30.2. The van der Waals surface area contributed by atoms with Crippen LogP contribution in [-0.2, 0) is 14.3 Å². The van der Waals surface area contributed by atoms with Gasteiger partial charge in [-0.3, -0.25) is 0 Å². The van der Waals surface area contributed by atoms with Crippen molar-refractivity contribution in [2.24, 2.45) is 0 Å². The van der Waals surface area contributed by atoms with Crippen LogP contribution in [0, 0.1) is 0 Å². The van der Waals surface area contributed by atoms with Gasteiger partial charge in [0.25, 0.3) is 0 Å². The molecule has 190 valence electrons. The molecular formula is C15H15F13O4. The standard InChI is InChI=1S/C15H15F13O4/c1-7(2)9(30)32-4-3-31-6-8(29)5-10(16,17)11(18,19)12(20,21)13(22,23)14(24,25)15(26,27)28/h8,29H,1,3-6H2,2H3. The number of halogens is 13. The predicted molar refractivity (Wildman–Crippen MR) is 78.0 cm³/mol. The van der Waals surface area contributed by atoms with E-state index >= 15 is 0 Å². The smallest absolute Gasteiger partial charge is 0.460 e. The molecule has 0 aromatic heterocycles. The third-order valence-electron chi connectivity index (χ3n) is 3.61. The summed E-state index contributed by atoms with van der Waals surface area (Å²) in [6, 6.07) is 0. The lowest BCUT2D eigenvalue weighted by atomic mass is 9.91. The first-order chi connectivity index (χ1) is 14.0. The molecule has 0 saturated heterocycles. The van der Waals surface area contributed by atoms with Gasteiger partial charge in [-0.2, -0.15) is 57.1 Å². The van der Waals surface area contributed by atoms with Gasteiger partial charge in [-0.25, -0.2) is 4.79 Å². The minimum absolute atomic E-state index is 0.0688. The van der Waals surface area contributed by atoms with Gasteiger partial charge in [0.05, 0.1) is 19.3 Å². The SMILES string of the molecule is C=C(C)C(=O)OCCOCC(O)CC(F)(F)C(F)(F)C(F)(F)C(F)(F)C(F)(F)C(F)(F)F. The summed E-state index contributed by atoms with van der Waals surface area (Å²) in [5.41, 5.74) is -0.0688. The van der Waals surface area contributed by atoms with Gasteiger partial charge >= 0.3 is 41.8 Å². The fraction of sp³-hybridized carbons (Fsp3) is 0.800.